The van der Waals surface area contributed by atoms with Crippen molar-refractivity contribution in [1.82, 2.24) is 24.8 Å². The standard InChI is InChI=1S/C16H28N6O/c1-20(2)14-4-3-9-21(10-14)16(23)15-11-22(19-18-15)13-7-5-12(17)6-8-13/h11-14H,3-10,17H2,1-2H3/t12?,13?,14-/m1/s1. The molecule has 0 spiro atoms. The van der Waals surface area contributed by atoms with Gasteiger partial charge in [0.25, 0.3) is 5.91 Å². The van der Waals surface area contributed by atoms with Gasteiger partial charge in [-0.2, -0.15) is 0 Å². The van der Waals surface area contributed by atoms with E-state index in [0.29, 0.717) is 23.8 Å². The van der Waals surface area contributed by atoms with Gasteiger partial charge in [0.05, 0.1) is 12.2 Å². The number of carbonyl (C=O) groups excluding carboxylic acids is 1. The minimum atomic E-state index is 0.00955. The second kappa shape index (κ2) is 6.97. The van der Waals surface area contributed by atoms with Crippen LogP contribution in [-0.2, 0) is 0 Å². The number of hydrogen-bond acceptors (Lipinski definition) is 5. The van der Waals surface area contributed by atoms with Crippen molar-refractivity contribution < 1.29 is 4.79 Å². The molecule has 7 nitrogen and oxygen atoms in total. The van der Waals surface area contributed by atoms with Gasteiger partial charge in [0, 0.05) is 25.2 Å². The zero-order chi connectivity index (χ0) is 16.4. The number of likely N-dealkylation sites (N-methyl/N-ethyl adjacent to an activating group) is 1. The van der Waals surface area contributed by atoms with Gasteiger partial charge in [-0.15, -0.1) is 5.10 Å². The van der Waals surface area contributed by atoms with Crippen molar-refractivity contribution in [1.29, 1.82) is 0 Å². The minimum absolute atomic E-state index is 0.00955. The van der Waals surface area contributed by atoms with E-state index in [2.05, 4.69) is 29.3 Å². The number of rotatable bonds is 3. The third-order valence-corrected chi connectivity index (χ3v) is 5.26. The summed E-state index contributed by atoms with van der Waals surface area (Å²) in [6, 6.07) is 1.08. The van der Waals surface area contributed by atoms with Crippen LogP contribution in [0.25, 0.3) is 0 Å². The maximum absolute atomic E-state index is 12.7. The lowest BCUT2D eigenvalue weighted by molar-refractivity contribution is 0.0629. The van der Waals surface area contributed by atoms with E-state index in [9.17, 15) is 4.79 Å². The normalized spacial score (nSPS) is 29.0. The molecule has 1 amide bonds. The van der Waals surface area contributed by atoms with E-state index in [-0.39, 0.29) is 5.91 Å². The Labute approximate surface area is 137 Å². The number of carbonyl (C=O) groups is 1. The molecule has 0 unspecified atom stereocenters. The van der Waals surface area contributed by atoms with Crippen LogP contribution < -0.4 is 5.73 Å². The fourth-order valence-corrected chi connectivity index (χ4v) is 3.64. The number of hydrogen-bond donors (Lipinski definition) is 1. The summed E-state index contributed by atoms with van der Waals surface area (Å²) < 4.78 is 1.87. The van der Waals surface area contributed by atoms with Crippen LogP contribution >= 0.6 is 0 Å². The third-order valence-electron chi connectivity index (χ3n) is 5.26. The highest BCUT2D eigenvalue weighted by Crippen LogP contribution is 2.27. The van der Waals surface area contributed by atoms with Gasteiger partial charge in [0.2, 0.25) is 0 Å². The van der Waals surface area contributed by atoms with E-state index in [1.807, 2.05) is 15.8 Å². The van der Waals surface area contributed by atoms with Crippen molar-refractivity contribution in [2.75, 3.05) is 27.2 Å². The predicted octanol–water partition coefficient (Wildman–Crippen LogP) is 0.887. The second-order valence-electron chi connectivity index (χ2n) is 7.16. The lowest BCUT2D eigenvalue weighted by Gasteiger charge is -2.35. The zero-order valence-corrected chi connectivity index (χ0v) is 14.2. The molecule has 7 heteroatoms. The molecule has 23 heavy (non-hydrogen) atoms. The molecule has 2 aliphatic rings. The highest BCUT2D eigenvalue weighted by molar-refractivity contribution is 5.92. The Balaban J connectivity index is 1.64. The van der Waals surface area contributed by atoms with E-state index in [0.717, 1.165) is 51.6 Å². The highest BCUT2D eigenvalue weighted by atomic mass is 16.2. The number of nitrogens with zero attached hydrogens (tertiary/aromatic N) is 5. The summed E-state index contributed by atoms with van der Waals surface area (Å²) in [6.45, 7) is 1.59. The molecule has 1 aromatic heterocycles. The number of amides is 1. The molecule has 1 aromatic rings. The Hall–Kier alpha value is -1.47. The van der Waals surface area contributed by atoms with Crippen molar-refractivity contribution in [2.24, 2.45) is 5.73 Å². The monoisotopic (exact) mass is 320 g/mol. The first-order valence-corrected chi connectivity index (χ1v) is 8.67. The number of aromatic nitrogens is 3. The molecule has 1 atom stereocenters. The van der Waals surface area contributed by atoms with Gasteiger partial charge in [0.1, 0.15) is 0 Å². The van der Waals surface area contributed by atoms with Gasteiger partial charge in [0.15, 0.2) is 5.69 Å². The summed E-state index contributed by atoms with van der Waals surface area (Å²) in [5, 5.41) is 8.34. The molecule has 128 valence electrons. The molecular formula is C16H28N6O. The third kappa shape index (κ3) is 3.72. The van der Waals surface area contributed by atoms with Crippen LogP contribution in [0.4, 0.5) is 0 Å². The van der Waals surface area contributed by atoms with Crippen LogP contribution in [-0.4, -0.2) is 70.0 Å². The molecule has 0 radical (unpaired) electrons. The molecule has 1 saturated heterocycles. The molecular weight excluding hydrogens is 292 g/mol. The molecule has 1 aliphatic carbocycles. The van der Waals surface area contributed by atoms with Gasteiger partial charge < -0.3 is 15.5 Å². The molecule has 0 bridgehead atoms. The lowest BCUT2D eigenvalue weighted by atomic mass is 9.92. The largest absolute Gasteiger partial charge is 0.336 e. The fraction of sp³-hybridized carbons (Fsp3) is 0.812. The van der Waals surface area contributed by atoms with Crippen LogP contribution in [0.1, 0.15) is 55.1 Å². The first kappa shape index (κ1) is 16.4. The summed E-state index contributed by atoms with van der Waals surface area (Å²) in [4.78, 5) is 16.8. The maximum atomic E-state index is 12.7. The summed E-state index contributed by atoms with van der Waals surface area (Å²) in [5.41, 5.74) is 6.42. The van der Waals surface area contributed by atoms with Crippen molar-refractivity contribution >= 4 is 5.91 Å². The van der Waals surface area contributed by atoms with Crippen LogP contribution in [0, 0.1) is 0 Å². The molecule has 3 rings (SSSR count). The number of likely N-dealkylation sites (tertiary alicyclic amines) is 1. The van der Waals surface area contributed by atoms with Gasteiger partial charge in [-0.1, -0.05) is 5.21 Å². The molecule has 1 aliphatic heterocycles. The fourth-order valence-electron chi connectivity index (χ4n) is 3.64. The Morgan fingerprint density at radius 3 is 2.70 bits per heavy atom. The molecule has 2 heterocycles. The first-order valence-electron chi connectivity index (χ1n) is 8.67. The van der Waals surface area contributed by atoms with Crippen LogP contribution in [0.2, 0.25) is 0 Å². The molecule has 0 aromatic carbocycles. The Bertz CT molecular complexity index is 534. The van der Waals surface area contributed by atoms with Gasteiger partial charge in [-0.05, 0) is 52.6 Å². The lowest BCUT2D eigenvalue weighted by Crippen LogP contribution is -2.47. The van der Waals surface area contributed by atoms with Crippen molar-refractivity contribution in [2.45, 2.75) is 56.7 Å². The summed E-state index contributed by atoms with van der Waals surface area (Å²) in [5.74, 6) is 0.00955. The average molecular weight is 320 g/mol. The van der Waals surface area contributed by atoms with Crippen molar-refractivity contribution in [3.63, 3.8) is 0 Å². The Morgan fingerprint density at radius 1 is 1.26 bits per heavy atom. The van der Waals surface area contributed by atoms with Gasteiger partial charge in [-0.3, -0.25) is 4.79 Å². The molecule has 2 fully saturated rings. The van der Waals surface area contributed by atoms with Crippen LogP contribution in [0.5, 0.6) is 0 Å². The van der Waals surface area contributed by atoms with Gasteiger partial charge in [-0.25, -0.2) is 4.68 Å². The predicted molar refractivity (Wildman–Crippen MR) is 88.1 cm³/mol. The van der Waals surface area contributed by atoms with E-state index in [1.165, 1.54) is 0 Å². The first-order chi connectivity index (χ1) is 11.0. The van der Waals surface area contributed by atoms with E-state index >= 15 is 0 Å². The zero-order valence-electron chi connectivity index (χ0n) is 14.2. The maximum Gasteiger partial charge on any atom is 0.276 e. The van der Waals surface area contributed by atoms with E-state index < -0.39 is 0 Å². The number of piperidine rings is 1. The quantitative estimate of drug-likeness (QED) is 0.894. The SMILES string of the molecule is CN(C)[C@@H]1CCCN(C(=O)c2cn(C3CCC(N)CC3)nn2)C1. The van der Waals surface area contributed by atoms with E-state index in [4.69, 9.17) is 5.73 Å². The summed E-state index contributed by atoms with van der Waals surface area (Å²) in [6.07, 6.45) is 8.09. The summed E-state index contributed by atoms with van der Waals surface area (Å²) in [7, 11) is 4.14. The average Bonchev–Trinajstić information content (AvgIpc) is 3.05. The summed E-state index contributed by atoms with van der Waals surface area (Å²) >= 11 is 0. The van der Waals surface area contributed by atoms with Gasteiger partial charge >= 0.3 is 0 Å². The topological polar surface area (TPSA) is 80.3 Å². The highest BCUT2D eigenvalue weighted by Gasteiger charge is 2.28. The van der Waals surface area contributed by atoms with E-state index in [1.54, 1.807) is 0 Å². The molecule has 2 N–H and O–H groups in total. The Kier molecular flexibility index (Phi) is 4.96. The van der Waals surface area contributed by atoms with Crippen LogP contribution in [0.15, 0.2) is 6.20 Å². The Morgan fingerprint density at radius 2 is 2.00 bits per heavy atom. The molecule has 1 saturated carbocycles. The smallest absolute Gasteiger partial charge is 0.276 e. The second-order valence-corrected chi connectivity index (χ2v) is 7.16. The number of nitrogens with two attached hydrogens (primary N) is 1. The van der Waals surface area contributed by atoms with Crippen molar-refractivity contribution in [3.8, 4) is 0 Å². The minimum Gasteiger partial charge on any atom is -0.336 e. The van der Waals surface area contributed by atoms with Crippen molar-refractivity contribution in [3.05, 3.63) is 11.9 Å². The van der Waals surface area contributed by atoms with Crippen LogP contribution in [0.3, 0.4) is 0 Å².